The van der Waals surface area contributed by atoms with Gasteiger partial charge in [0, 0.05) is 23.3 Å². The van der Waals surface area contributed by atoms with Crippen molar-refractivity contribution in [2.45, 2.75) is 19.4 Å². The van der Waals surface area contributed by atoms with E-state index in [1.165, 1.54) is 0 Å². The van der Waals surface area contributed by atoms with Crippen LogP contribution in [0.25, 0.3) is 22.3 Å². The lowest BCUT2D eigenvalue weighted by Crippen LogP contribution is -2.23. The number of para-hydroxylation sites is 1. The molecule has 2 aromatic heterocycles. The monoisotopic (exact) mass is 294 g/mol. The lowest BCUT2D eigenvalue weighted by atomic mass is 10.2. The molecule has 0 bridgehead atoms. The minimum absolute atomic E-state index is 0.0244. The summed E-state index contributed by atoms with van der Waals surface area (Å²) >= 11 is 0. The smallest absolute Gasteiger partial charge is 0.162 e. The number of anilines is 1. The number of benzene rings is 1. The number of rotatable bonds is 5. The highest BCUT2D eigenvalue weighted by atomic mass is 16.3. The second-order valence-electron chi connectivity index (χ2n) is 5.08. The van der Waals surface area contributed by atoms with Gasteiger partial charge in [-0.3, -0.25) is 4.98 Å². The number of hydrogen-bond acceptors (Lipinski definition) is 5. The highest BCUT2D eigenvalue weighted by Crippen LogP contribution is 2.25. The first-order valence-electron chi connectivity index (χ1n) is 7.36. The van der Waals surface area contributed by atoms with E-state index >= 15 is 0 Å². The van der Waals surface area contributed by atoms with Gasteiger partial charge in [0.2, 0.25) is 0 Å². The first-order chi connectivity index (χ1) is 10.8. The molecule has 5 heteroatoms. The van der Waals surface area contributed by atoms with E-state index < -0.39 is 0 Å². The number of aromatic nitrogens is 3. The minimum Gasteiger partial charge on any atom is -0.394 e. The fraction of sp³-hybridized carbons (Fsp3) is 0.235. The highest BCUT2D eigenvalue weighted by Gasteiger charge is 2.12. The van der Waals surface area contributed by atoms with Gasteiger partial charge in [-0.05, 0) is 30.7 Å². The third-order valence-electron chi connectivity index (χ3n) is 3.60. The van der Waals surface area contributed by atoms with Gasteiger partial charge in [-0.15, -0.1) is 0 Å². The summed E-state index contributed by atoms with van der Waals surface area (Å²) in [6.07, 6.45) is 4.27. The number of nitrogens with zero attached hydrogens (tertiary/aromatic N) is 3. The Morgan fingerprint density at radius 3 is 2.59 bits per heavy atom. The summed E-state index contributed by atoms with van der Waals surface area (Å²) in [5.41, 5.74) is 1.79. The van der Waals surface area contributed by atoms with Gasteiger partial charge >= 0.3 is 0 Å². The highest BCUT2D eigenvalue weighted by molar-refractivity contribution is 5.90. The molecule has 0 saturated heterocycles. The summed E-state index contributed by atoms with van der Waals surface area (Å²) < 4.78 is 0. The van der Waals surface area contributed by atoms with Gasteiger partial charge < -0.3 is 10.4 Å². The number of aliphatic hydroxyl groups excluding tert-OH is 1. The first-order valence-corrected chi connectivity index (χ1v) is 7.36. The first kappa shape index (κ1) is 14.4. The van der Waals surface area contributed by atoms with E-state index in [1.807, 2.05) is 43.3 Å². The van der Waals surface area contributed by atoms with Crippen molar-refractivity contribution >= 4 is 16.7 Å². The molecule has 0 amide bonds. The second-order valence-corrected chi connectivity index (χ2v) is 5.08. The van der Waals surface area contributed by atoms with Gasteiger partial charge in [0.25, 0.3) is 0 Å². The van der Waals surface area contributed by atoms with Crippen LogP contribution in [0.4, 0.5) is 5.82 Å². The zero-order chi connectivity index (χ0) is 15.4. The Hall–Kier alpha value is -2.53. The number of pyridine rings is 1. The standard InChI is InChI=1S/C17H18N4O/c1-2-13(11-22)19-17-14-5-3-4-6-15(14)20-16(21-17)12-7-9-18-10-8-12/h3-10,13,22H,2,11H2,1H3,(H,19,20,21)/t13-/m1/s1. The van der Waals surface area contributed by atoms with E-state index in [9.17, 15) is 5.11 Å². The lowest BCUT2D eigenvalue weighted by Gasteiger charge is -2.17. The summed E-state index contributed by atoms with van der Waals surface area (Å²) in [5, 5.41) is 13.7. The lowest BCUT2D eigenvalue weighted by molar-refractivity contribution is 0.271. The van der Waals surface area contributed by atoms with E-state index in [1.54, 1.807) is 12.4 Å². The maximum atomic E-state index is 9.43. The van der Waals surface area contributed by atoms with Crippen LogP contribution in [0.1, 0.15) is 13.3 Å². The topological polar surface area (TPSA) is 70.9 Å². The molecule has 0 unspecified atom stereocenters. The maximum absolute atomic E-state index is 9.43. The summed E-state index contributed by atoms with van der Waals surface area (Å²) in [5.74, 6) is 1.40. The van der Waals surface area contributed by atoms with Gasteiger partial charge in [0.05, 0.1) is 18.2 Å². The van der Waals surface area contributed by atoms with E-state index in [-0.39, 0.29) is 12.6 Å². The maximum Gasteiger partial charge on any atom is 0.162 e. The van der Waals surface area contributed by atoms with E-state index in [0.717, 1.165) is 28.7 Å². The fourth-order valence-corrected chi connectivity index (χ4v) is 2.29. The molecular weight excluding hydrogens is 276 g/mol. The van der Waals surface area contributed by atoms with Crippen LogP contribution >= 0.6 is 0 Å². The zero-order valence-corrected chi connectivity index (χ0v) is 12.4. The summed E-state index contributed by atoms with van der Waals surface area (Å²) in [7, 11) is 0. The number of aliphatic hydroxyl groups is 1. The molecule has 5 nitrogen and oxygen atoms in total. The molecule has 3 aromatic rings. The normalized spacial score (nSPS) is 12.3. The van der Waals surface area contributed by atoms with Crippen LogP contribution in [0.5, 0.6) is 0 Å². The third-order valence-corrected chi connectivity index (χ3v) is 3.60. The van der Waals surface area contributed by atoms with Crippen LogP contribution < -0.4 is 5.32 Å². The average molecular weight is 294 g/mol. The third kappa shape index (κ3) is 2.89. The van der Waals surface area contributed by atoms with Gasteiger partial charge in [-0.1, -0.05) is 19.1 Å². The van der Waals surface area contributed by atoms with Crippen molar-refractivity contribution in [1.82, 2.24) is 15.0 Å². The molecule has 0 aliphatic heterocycles. The Balaban J connectivity index is 2.12. The quantitative estimate of drug-likeness (QED) is 0.757. The van der Waals surface area contributed by atoms with Crippen molar-refractivity contribution < 1.29 is 5.11 Å². The average Bonchev–Trinajstić information content (AvgIpc) is 2.60. The molecule has 0 radical (unpaired) electrons. The van der Waals surface area contributed by atoms with Gasteiger partial charge in [-0.2, -0.15) is 0 Å². The van der Waals surface area contributed by atoms with Crippen molar-refractivity contribution in [3.63, 3.8) is 0 Å². The van der Waals surface area contributed by atoms with Crippen LogP contribution in [0.3, 0.4) is 0 Å². The molecule has 0 saturated carbocycles. The molecule has 22 heavy (non-hydrogen) atoms. The van der Waals surface area contributed by atoms with E-state index in [0.29, 0.717) is 5.82 Å². The van der Waals surface area contributed by atoms with Crippen molar-refractivity contribution in [2.24, 2.45) is 0 Å². The second kappa shape index (κ2) is 6.49. The van der Waals surface area contributed by atoms with Crippen LogP contribution in [0.15, 0.2) is 48.8 Å². The number of fused-ring (bicyclic) bond motifs is 1. The van der Waals surface area contributed by atoms with Crippen molar-refractivity contribution in [1.29, 1.82) is 0 Å². The molecule has 3 rings (SSSR count). The predicted octanol–water partition coefficient (Wildman–Crippen LogP) is 2.87. The van der Waals surface area contributed by atoms with Crippen LogP contribution in [0, 0.1) is 0 Å². The molecule has 112 valence electrons. The summed E-state index contributed by atoms with van der Waals surface area (Å²) in [4.78, 5) is 13.3. The van der Waals surface area contributed by atoms with Crippen LogP contribution in [-0.4, -0.2) is 32.7 Å². The molecule has 0 fully saturated rings. The van der Waals surface area contributed by atoms with Crippen molar-refractivity contribution in [3.8, 4) is 11.4 Å². The molecule has 2 heterocycles. The number of nitrogens with one attached hydrogen (secondary N) is 1. The Morgan fingerprint density at radius 1 is 1.09 bits per heavy atom. The van der Waals surface area contributed by atoms with Gasteiger partial charge in [0.1, 0.15) is 5.82 Å². The number of hydrogen-bond donors (Lipinski definition) is 2. The van der Waals surface area contributed by atoms with Gasteiger partial charge in [-0.25, -0.2) is 9.97 Å². The Bertz CT molecular complexity index is 757. The molecular formula is C17H18N4O. The minimum atomic E-state index is -0.0244. The van der Waals surface area contributed by atoms with Crippen molar-refractivity contribution in [3.05, 3.63) is 48.8 Å². The molecule has 1 aromatic carbocycles. The Labute approximate surface area is 129 Å². The molecule has 0 aliphatic rings. The summed E-state index contributed by atoms with van der Waals surface area (Å²) in [6, 6.07) is 11.6. The van der Waals surface area contributed by atoms with Crippen molar-refractivity contribution in [2.75, 3.05) is 11.9 Å². The molecule has 1 atom stereocenters. The van der Waals surface area contributed by atoms with Crippen LogP contribution in [-0.2, 0) is 0 Å². The Kier molecular flexibility index (Phi) is 4.25. The van der Waals surface area contributed by atoms with Gasteiger partial charge in [0.15, 0.2) is 5.82 Å². The van der Waals surface area contributed by atoms with Crippen LogP contribution in [0.2, 0.25) is 0 Å². The Morgan fingerprint density at radius 2 is 1.86 bits per heavy atom. The molecule has 2 N–H and O–H groups in total. The fourth-order valence-electron chi connectivity index (χ4n) is 2.29. The summed E-state index contributed by atoms with van der Waals surface area (Å²) in [6.45, 7) is 2.10. The SMILES string of the molecule is CC[C@H](CO)Nc1nc(-c2ccncc2)nc2ccccc12. The molecule has 0 aliphatic carbocycles. The zero-order valence-electron chi connectivity index (χ0n) is 12.4. The van der Waals surface area contributed by atoms with E-state index in [2.05, 4.69) is 20.3 Å². The van der Waals surface area contributed by atoms with E-state index in [4.69, 9.17) is 0 Å². The molecule has 0 spiro atoms. The predicted molar refractivity (Wildman–Crippen MR) is 87.6 cm³/mol. The largest absolute Gasteiger partial charge is 0.394 e.